The van der Waals surface area contributed by atoms with E-state index in [0.717, 1.165) is 31.0 Å². The minimum Gasteiger partial charge on any atom is -0.329 e. The maximum absolute atomic E-state index is 5.88. The summed E-state index contributed by atoms with van der Waals surface area (Å²) >= 11 is 0. The van der Waals surface area contributed by atoms with Gasteiger partial charge in [-0.25, -0.2) is 0 Å². The zero-order valence-corrected chi connectivity index (χ0v) is 12.6. The lowest BCUT2D eigenvalue weighted by atomic mass is 9.65. The van der Waals surface area contributed by atoms with Crippen LogP contribution in [0, 0.1) is 11.8 Å². The molecule has 1 saturated heterocycles. The predicted octanol–water partition coefficient (Wildman–Crippen LogP) is 3.40. The van der Waals surface area contributed by atoms with Crippen molar-refractivity contribution in [3.05, 3.63) is 0 Å². The lowest BCUT2D eigenvalue weighted by Gasteiger charge is -2.57. The van der Waals surface area contributed by atoms with E-state index in [2.05, 4.69) is 25.7 Å². The van der Waals surface area contributed by atoms with Crippen LogP contribution >= 0.6 is 0 Å². The third kappa shape index (κ3) is 2.46. The number of hydrogen-bond acceptors (Lipinski definition) is 2. The summed E-state index contributed by atoms with van der Waals surface area (Å²) in [6.07, 6.45) is 9.79. The number of hydrogen-bond donors (Lipinski definition) is 1. The van der Waals surface area contributed by atoms with E-state index in [4.69, 9.17) is 5.73 Å². The van der Waals surface area contributed by atoms with Gasteiger partial charge in [-0.2, -0.15) is 0 Å². The quantitative estimate of drug-likeness (QED) is 0.831. The standard InChI is InChI=1S/C16H32N2/c1-4-13-12-16(3,5-2)18(11-10-17)15-9-7-6-8-14(13)15/h13-15H,4-12,17H2,1-3H3. The summed E-state index contributed by atoms with van der Waals surface area (Å²) in [6.45, 7) is 9.15. The van der Waals surface area contributed by atoms with Crippen molar-refractivity contribution in [3.8, 4) is 0 Å². The lowest BCUT2D eigenvalue weighted by molar-refractivity contribution is -0.0720. The van der Waals surface area contributed by atoms with E-state index >= 15 is 0 Å². The number of fused-ring (bicyclic) bond motifs is 1. The molecule has 0 aromatic heterocycles. The smallest absolute Gasteiger partial charge is 0.0185 e. The van der Waals surface area contributed by atoms with E-state index in [1.807, 2.05) is 0 Å². The van der Waals surface area contributed by atoms with Crippen molar-refractivity contribution in [2.45, 2.75) is 77.3 Å². The van der Waals surface area contributed by atoms with Crippen LogP contribution in [-0.4, -0.2) is 29.6 Å². The van der Waals surface area contributed by atoms with Crippen molar-refractivity contribution in [2.24, 2.45) is 17.6 Å². The van der Waals surface area contributed by atoms with Crippen LogP contribution in [0.3, 0.4) is 0 Å². The second-order valence-electron chi connectivity index (χ2n) is 6.72. The van der Waals surface area contributed by atoms with Crippen LogP contribution < -0.4 is 5.73 Å². The first kappa shape index (κ1) is 14.3. The van der Waals surface area contributed by atoms with Crippen molar-refractivity contribution in [2.75, 3.05) is 13.1 Å². The highest BCUT2D eigenvalue weighted by molar-refractivity contribution is 5.01. The molecular weight excluding hydrogens is 220 g/mol. The predicted molar refractivity (Wildman–Crippen MR) is 78.6 cm³/mol. The first-order valence-electron chi connectivity index (χ1n) is 8.13. The number of nitrogens with zero attached hydrogens (tertiary/aromatic N) is 1. The van der Waals surface area contributed by atoms with Crippen LogP contribution in [0.2, 0.25) is 0 Å². The van der Waals surface area contributed by atoms with Crippen molar-refractivity contribution in [3.63, 3.8) is 0 Å². The van der Waals surface area contributed by atoms with Crippen LogP contribution in [0.15, 0.2) is 0 Å². The normalized spacial score (nSPS) is 41.7. The van der Waals surface area contributed by atoms with Gasteiger partial charge in [0.1, 0.15) is 0 Å². The molecule has 2 fully saturated rings. The molecule has 106 valence electrons. The monoisotopic (exact) mass is 252 g/mol. The van der Waals surface area contributed by atoms with Crippen molar-refractivity contribution in [1.29, 1.82) is 0 Å². The molecule has 0 radical (unpaired) electrons. The van der Waals surface area contributed by atoms with Crippen LogP contribution in [0.25, 0.3) is 0 Å². The largest absolute Gasteiger partial charge is 0.329 e. The van der Waals surface area contributed by atoms with Gasteiger partial charge in [0.05, 0.1) is 0 Å². The Kier molecular flexibility index (Phi) is 4.71. The van der Waals surface area contributed by atoms with E-state index in [9.17, 15) is 0 Å². The molecule has 2 heteroatoms. The third-order valence-electron chi connectivity index (χ3n) is 5.84. The van der Waals surface area contributed by atoms with Crippen molar-refractivity contribution < 1.29 is 0 Å². The molecule has 2 N–H and O–H groups in total. The Bertz CT molecular complexity index is 266. The highest BCUT2D eigenvalue weighted by Crippen LogP contribution is 2.47. The van der Waals surface area contributed by atoms with Gasteiger partial charge in [-0.05, 0) is 44.4 Å². The molecule has 2 nitrogen and oxygen atoms in total. The maximum atomic E-state index is 5.88. The van der Waals surface area contributed by atoms with Gasteiger partial charge in [0.15, 0.2) is 0 Å². The minimum absolute atomic E-state index is 0.401. The van der Waals surface area contributed by atoms with Gasteiger partial charge < -0.3 is 5.73 Å². The second-order valence-corrected chi connectivity index (χ2v) is 6.72. The molecule has 2 aliphatic rings. The van der Waals surface area contributed by atoms with Gasteiger partial charge in [0, 0.05) is 24.7 Å². The number of piperidine rings is 1. The Balaban J connectivity index is 2.23. The minimum atomic E-state index is 0.401. The fourth-order valence-corrected chi connectivity index (χ4v) is 4.68. The van der Waals surface area contributed by atoms with Crippen molar-refractivity contribution in [1.82, 2.24) is 4.90 Å². The Hall–Kier alpha value is -0.0800. The van der Waals surface area contributed by atoms with Crippen LogP contribution in [-0.2, 0) is 0 Å². The molecule has 0 amide bonds. The SMILES string of the molecule is CCC1CC(C)(CC)N(CCN)C2CCCCC12. The fourth-order valence-electron chi connectivity index (χ4n) is 4.68. The maximum Gasteiger partial charge on any atom is 0.0185 e. The zero-order valence-electron chi connectivity index (χ0n) is 12.6. The molecule has 1 heterocycles. The Morgan fingerprint density at radius 3 is 2.56 bits per heavy atom. The molecular formula is C16H32N2. The first-order valence-corrected chi connectivity index (χ1v) is 8.13. The van der Waals surface area contributed by atoms with Crippen LogP contribution in [0.5, 0.6) is 0 Å². The summed E-state index contributed by atoms with van der Waals surface area (Å²) in [5.74, 6) is 1.91. The molecule has 4 unspecified atom stereocenters. The number of rotatable bonds is 4. The average molecular weight is 252 g/mol. The molecule has 4 atom stereocenters. The van der Waals surface area contributed by atoms with E-state index < -0.39 is 0 Å². The summed E-state index contributed by atoms with van der Waals surface area (Å²) in [5.41, 5.74) is 6.28. The molecule has 1 saturated carbocycles. The summed E-state index contributed by atoms with van der Waals surface area (Å²) < 4.78 is 0. The Morgan fingerprint density at radius 1 is 1.22 bits per heavy atom. The van der Waals surface area contributed by atoms with Gasteiger partial charge in [-0.15, -0.1) is 0 Å². The van der Waals surface area contributed by atoms with E-state index in [0.29, 0.717) is 5.54 Å². The first-order chi connectivity index (χ1) is 8.66. The van der Waals surface area contributed by atoms with Crippen LogP contribution in [0.1, 0.15) is 65.7 Å². The van der Waals surface area contributed by atoms with Gasteiger partial charge in [0.25, 0.3) is 0 Å². The third-order valence-corrected chi connectivity index (χ3v) is 5.84. The zero-order chi connectivity index (χ0) is 13.2. The summed E-state index contributed by atoms with van der Waals surface area (Å²) in [7, 11) is 0. The van der Waals surface area contributed by atoms with Gasteiger partial charge in [-0.3, -0.25) is 4.90 Å². The Morgan fingerprint density at radius 2 is 1.94 bits per heavy atom. The number of likely N-dealkylation sites (tertiary alicyclic amines) is 1. The molecule has 2 rings (SSSR count). The molecule has 18 heavy (non-hydrogen) atoms. The van der Waals surface area contributed by atoms with Gasteiger partial charge >= 0.3 is 0 Å². The molecule has 1 aliphatic carbocycles. The molecule has 0 aromatic rings. The van der Waals surface area contributed by atoms with E-state index in [1.165, 1.54) is 44.9 Å². The molecule has 1 aliphatic heterocycles. The average Bonchev–Trinajstić information content (AvgIpc) is 2.42. The summed E-state index contributed by atoms with van der Waals surface area (Å²) in [5, 5.41) is 0. The van der Waals surface area contributed by atoms with Gasteiger partial charge in [0.2, 0.25) is 0 Å². The van der Waals surface area contributed by atoms with E-state index in [-0.39, 0.29) is 0 Å². The highest BCUT2D eigenvalue weighted by atomic mass is 15.2. The van der Waals surface area contributed by atoms with E-state index in [1.54, 1.807) is 0 Å². The Labute approximate surface area is 113 Å². The van der Waals surface area contributed by atoms with Crippen LogP contribution in [0.4, 0.5) is 0 Å². The topological polar surface area (TPSA) is 29.3 Å². The van der Waals surface area contributed by atoms with Gasteiger partial charge in [-0.1, -0.05) is 33.1 Å². The fraction of sp³-hybridized carbons (Fsp3) is 1.00. The molecule has 0 spiro atoms. The molecule has 0 aromatic carbocycles. The summed E-state index contributed by atoms with van der Waals surface area (Å²) in [4.78, 5) is 2.79. The second kappa shape index (κ2) is 5.92. The highest BCUT2D eigenvalue weighted by Gasteiger charge is 2.47. The van der Waals surface area contributed by atoms with Crippen molar-refractivity contribution >= 4 is 0 Å². The lowest BCUT2D eigenvalue weighted by Crippen LogP contribution is -2.62. The molecule has 0 bridgehead atoms. The summed E-state index contributed by atoms with van der Waals surface area (Å²) in [6, 6.07) is 0.825. The number of nitrogens with two attached hydrogens (primary N) is 1.